The highest BCUT2D eigenvalue weighted by Crippen LogP contribution is 2.28. The van der Waals surface area contributed by atoms with Gasteiger partial charge in [-0.1, -0.05) is 13.0 Å². The van der Waals surface area contributed by atoms with Crippen LogP contribution in [0.25, 0.3) is 10.8 Å². The molecule has 0 spiro atoms. The van der Waals surface area contributed by atoms with Gasteiger partial charge in [0, 0.05) is 18.1 Å². The number of nitrogens with two attached hydrogens (primary N) is 2. The van der Waals surface area contributed by atoms with Crippen LogP contribution in [0.15, 0.2) is 34.3 Å². The standard InChI is InChI=1S/C13H17N5OS/c1-3-17-20(19)9-4-5-10-8(2)7-16-12(11(10)6-9)18-13(14)15/h4-7,17H,3H2,1-2H3,(H4,14,15,16,18). The Labute approximate surface area is 119 Å². The summed E-state index contributed by atoms with van der Waals surface area (Å²) in [5, 5.41) is 1.76. The summed E-state index contributed by atoms with van der Waals surface area (Å²) < 4.78 is 14.9. The maximum Gasteiger partial charge on any atom is 0.192 e. The van der Waals surface area contributed by atoms with Crippen molar-refractivity contribution in [3.8, 4) is 0 Å². The summed E-state index contributed by atoms with van der Waals surface area (Å²) in [7, 11) is -1.26. The van der Waals surface area contributed by atoms with Gasteiger partial charge in [0.05, 0.1) is 4.90 Å². The molecule has 1 heterocycles. The fraction of sp³-hybridized carbons (Fsp3) is 0.231. The second-order valence-corrected chi connectivity index (χ2v) is 5.57. The number of aliphatic imine (C=N–C) groups is 1. The molecular weight excluding hydrogens is 274 g/mol. The SMILES string of the molecule is CCNS(=O)c1ccc2c(C)cnc(N=C(N)N)c2c1. The van der Waals surface area contributed by atoms with Crippen LogP contribution in [-0.4, -0.2) is 21.7 Å². The molecule has 0 aliphatic carbocycles. The molecule has 0 aliphatic rings. The minimum Gasteiger partial charge on any atom is -0.370 e. The Hall–Kier alpha value is -1.99. The molecule has 1 aromatic heterocycles. The minimum atomic E-state index is -1.26. The lowest BCUT2D eigenvalue weighted by atomic mass is 10.1. The summed E-state index contributed by atoms with van der Waals surface area (Å²) in [5.41, 5.74) is 11.8. The highest BCUT2D eigenvalue weighted by atomic mass is 32.2. The summed E-state index contributed by atoms with van der Waals surface area (Å²) >= 11 is 0. The van der Waals surface area contributed by atoms with Crippen molar-refractivity contribution >= 4 is 33.5 Å². The number of hydrogen-bond donors (Lipinski definition) is 3. The van der Waals surface area contributed by atoms with Gasteiger partial charge >= 0.3 is 0 Å². The third-order valence-electron chi connectivity index (χ3n) is 2.76. The molecular formula is C13H17N5OS. The Balaban J connectivity index is 2.64. The van der Waals surface area contributed by atoms with E-state index in [2.05, 4.69) is 14.7 Å². The Kier molecular flexibility index (Phi) is 4.31. The maximum atomic E-state index is 12.0. The van der Waals surface area contributed by atoms with Gasteiger partial charge in [0.1, 0.15) is 11.0 Å². The molecule has 0 saturated carbocycles. The quantitative estimate of drug-likeness (QED) is 0.579. The third-order valence-corrected chi connectivity index (χ3v) is 3.99. The van der Waals surface area contributed by atoms with E-state index in [4.69, 9.17) is 11.5 Å². The number of rotatable bonds is 4. The van der Waals surface area contributed by atoms with Gasteiger partial charge in [-0.3, -0.25) is 0 Å². The first kappa shape index (κ1) is 14.4. The summed E-state index contributed by atoms with van der Waals surface area (Å²) in [6, 6.07) is 5.53. The van der Waals surface area contributed by atoms with Crippen LogP contribution in [0, 0.1) is 6.92 Å². The van der Waals surface area contributed by atoms with Gasteiger partial charge < -0.3 is 11.5 Å². The zero-order valence-electron chi connectivity index (χ0n) is 11.4. The smallest absolute Gasteiger partial charge is 0.192 e. The van der Waals surface area contributed by atoms with Crippen LogP contribution in [0.4, 0.5) is 5.82 Å². The molecule has 6 nitrogen and oxygen atoms in total. The molecule has 0 aliphatic heterocycles. The average Bonchev–Trinajstić information content (AvgIpc) is 2.41. The predicted octanol–water partition coefficient (Wildman–Crippen LogP) is 1.08. The number of guanidine groups is 1. The largest absolute Gasteiger partial charge is 0.370 e. The molecule has 0 bridgehead atoms. The molecule has 7 heteroatoms. The number of benzene rings is 1. The van der Waals surface area contributed by atoms with Crippen LogP contribution in [0.1, 0.15) is 12.5 Å². The van der Waals surface area contributed by atoms with Crippen LogP contribution in [-0.2, 0) is 11.0 Å². The maximum absolute atomic E-state index is 12.0. The molecule has 0 fully saturated rings. The van der Waals surface area contributed by atoms with Gasteiger partial charge in [-0.15, -0.1) is 0 Å². The van der Waals surface area contributed by atoms with E-state index in [0.29, 0.717) is 17.3 Å². The zero-order valence-corrected chi connectivity index (χ0v) is 12.2. The normalized spacial score (nSPS) is 12.3. The monoisotopic (exact) mass is 291 g/mol. The topological polar surface area (TPSA) is 106 Å². The molecule has 2 rings (SSSR count). The summed E-state index contributed by atoms with van der Waals surface area (Å²) in [4.78, 5) is 8.91. The molecule has 106 valence electrons. The lowest BCUT2D eigenvalue weighted by molar-refractivity contribution is 0.674. The van der Waals surface area contributed by atoms with Crippen LogP contribution in [0.2, 0.25) is 0 Å². The molecule has 0 saturated heterocycles. The molecule has 2 aromatic rings. The minimum absolute atomic E-state index is 0.0548. The van der Waals surface area contributed by atoms with Gasteiger partial charge in [-0.2, -0.15) is 4.99 Å². The van der Waals surface area contributed by atoms with Crippen LogP contribution >= 0.6 is 0 Å². The van der Waals surface area contributed by atoms with Gasteiger partial charge in [0.25, 0.3) is 0 Å². The first-order valence-corrected chi connectivity index (χ1v) is 7.32. The van der Waals surface area contributed by atoms with Crippen molar-refractivity contribution in [2.75, 3.05) is 6.54 Å². The van der Waals surface area contributed by atoms with Crippen molar-refractivity contribution in [2.24, 2.45) is 16.5 Å². The van der Waals surface area contributed by atoms with Crippen molar-refractivity contribution < 1.29 is 4.21 Å². The highest BCUT2D eigenvalue weighted by Gasteiger charge is 2.09. The van der Waals surface area contributed by atoms with Gasteiger partial charge in [0.2, 0.25) is 0 Å². The van der Waals surface area contributed by atoms with Crippen LogP contribution < -0.4 is 16.2 Å². The number of hydrogen-bond acceptors (Lipinski definition) is 3. The van der Waals surface area contributed by atoms with Gasteiger partial charge in [-0.25, -0.2) is 13.9 Å². The zero-order chi connectivity index (χ0) is 14.7. The fourth-order valence-electron chi connectivity index (χ4n) is 1.89. The van der Waals surface area contributed by atoms with E-state index in [0.717, 1.165) is 16.3 Å². The van der Waals surface area contributed by atoms with Gasteiger partial charge in [-0.05, 0) is 30.0 Å². The first-order chi connectivity index (χ1) is 9.52. The van der Waals surface area contributed by atoms with Crippen molar-refractivity contribution in [1.29, 1.82) is 0 Å². The van der Waals surface area contributed by atoms with Crippen molar-refractivity contribution in [1.82, 2.24) is 9.71 Å². The molecule has 20 heavy (non-hydrogen) atoms. The average molecular weight is 291 g/mol. The first-order valence-electron chi connectivity index (χ1n) is 6.17. The van der Waals surface area contributed by atoms with E-state index in [1.54, 1.807) is 12.3 Å². The second kappa shape index (κ2) is 5.98. The number of aryl methyl sites for hydroxylation is 1. The number of aromatic nitrogens is 1. The van der Waals surface area contributed by atoms with E-state index in [1.165, 1.54) is 0 Å². The van der Waals surface area contributed by atoms with E-state index in [9.17, 15) is 4.21 Å². The molecule has 0 amide bonds. The van der Waals surface area contributed by atoms with E-state index in [-0.39, 0.29) is 5.96 Å². The van der Waals surface area contributed by atoms with Crippen LogP contribution in [0.5, 0.6) is 0 Å². The van der Waals surface area contributed by atoms with Crippen molar-refractivity contribution in [3.63, 3.8) is 0 Å². The van der Waals surface area contributed by atoms with Crippen molar-refractivity contribution in [3.05, 3.63) is 30.0 Å². The Morgan fingerprint density at radius 1 is 1.40 bits per heavy atom. The van der Waals surface area contributed by atoms with E-state index >= 15 is 0 Å². The van der Waals surface area contributed by atoms with Crippen molar-refractivity contribution in [2.45, 2.75) is 18.7 Å². The molecule has 1 aromatic carbocycles. The van der Waals surface area contributed by atoms with E-state index < -0.39 is 11.0 Å². The molecule has 1 unspecified atom stereocenters. The second-order valence-electron chi connectivity index (χ2n) is 4.28. The lowest BCUT2D eigenvalue weighted by Gasteiger charge is -2.08. The number of nitrogens with zero attached hydrogens (tertiary/aromatic N) is 2. The Morgan fingerprint density at radius 2 is 2.15 bits per heavy atom. The molecule has 5 N–H and O–H groups in total. The summed E-state index contributed by atoms with van der Waals surface area (Å²) in [5.74, 6) is 0.377. The molecule has 1 atom stereocenters. The van der Waals surface area contributed by atoms with Crippen LogP contribution in [0.3, 0.4) is 0 Å². The predicted molar refractivity (Wildman–Crippen MR) is 82.0 cm³/mol. The lowest BCUT2D eigenvalue weighted by Crippen LogP contribution is -2.22. The highest BCUT2D eigenvalue weighted by molar-refractivity contribution is 7.83. The Morgan fingerprint density at radius 3 is 2.80 bits per heavy atom. The Bertz CT molecular complexity index is 694. The number of nitrogens with one attached hydrogen (secondary N) is 1. The van der Waals surface area contributed by atoms with E-state index in [1.807, 2.05) is 26.0 Å². The molecule has 0 radical (unpaired) electrons. The number of pyridine rings is 1. The summed E-state index contributed by atoms with van der Waals surface area (Å²) in [6.45, 7) is 4.47. The van der Waals surface area contributed by atoms with Gasteiger partial charge in [0.15, 0.2) is 11.8 Å². The summed E-state index contributed by atoms with van der Waals surface area (Å²) in [6.07, 6.45) is 1.71. The number of fused-ring (bicyclic) bond motifs is 1. The third kappa shape index (κ3) is 2.94. The fourth-order valence-corrected chi connectivity index (χ4v) is 2.74.